The minimum absolute atomic E-state index is 0.484. The number of benzene rings is 1. The lowest BCUT2D eigenvalue weighted by Gasteiger charge is -2.02. The second kappa shape index (κ2) is 5.05. The van der Waals surface area contributed by atoms with Crippen molar-refractivity contribution in [3.8, 4) is 6.07 Å². The van der Waals surface area contributed by atoms with Gasteiger partial charge in [-0.3, -0.25) is 0 Å². The summed E-state index contributed by atoms with van der Waals surface area (Å²) < 4.78 is 0. The van der Waals surface area contributed by atoms with Crippen molar-refractivity contribution in [3.63, 3.8) is 0 Å². The Morgan fingerprint density at radius 2 is 2.21 bits per heavy atom. The first-order valence-electron chi connectivity index (χ1n) is 4.23. The van der Waals surface area contributed by atoms with Crippen LogP contribution in [0.1, 0.15) is 18.9 Å². The molecule has 0 unspecified atom stereocenters. The Balaban J connectivity index is 3.18. The minimum Gasteiger partial charge on any atom is -0.193 e. The van der Waals surface area contributed by atoms with Crippen LogP contribution in [0.5, 0.6) is 0 Å². The zero-order valence-corrected chi connectivity index (χ0v) is 9.23. The molecule has 1 rings (SSSR count). The molecule has 1 nitrogen and oxygen atoms in total. The molecule has 0 amide bonds. The summed E-state index contributed by atoms with van der Waals surface area (Å²) in [6.07, 6.45) is 0.627. The molecule has 0 atom stereocenters. The summed E-state index contributed by atoms with van der Waals surface area (Å²) in [6, 6.07) is 9.24. The Morgan fingerprint density at radius 3 is 2.71 bits per heavy atom. The molecule has 0 spiro atoms. The molecular formula is C11H9Cl2N. The lowest BCUT2D eigenvalue weighted by Crippen LogP contribution is -1.83. The summed E-state index contributed by atoms with van der Waals surface area (Å²) in [5.74, 6) is 0. The van der Waals surface area contributed by atoms with E-state index in [0.717, 1.165) is 5.56 Å². The summed E-state index contributed by atoms with van der Waals surface area (Å²) >= 11 is 11.9. The van der Waals surface area contributed by atoms with Crippen molar-refractivity contribution in [2.45, 2.75) is 13.3 Å². The van der Waals surface area contributed by atoms with E-state index in [1.807, 2.05) is 19.1 Å². The summed E-state index contributed by atoms with van der Waals surface area (Å²) in [7, 11) is 0. The van der Waals surface area contributed by atoms with Gasteiger partial charge in [0.2, 0.25) is 0 Å². The van der Waals surface area contributed by atoms with Gasteiger partial charge in [-0.05, 0) is 24.1 Å². The maximum absolute atomic E-state index is 8.80. The third-order valence-corrected chi connectivity index (χ3v) is 2.51. The SMILES string of the molecule is CCC(C#N)=C(Cl)c1cccc(Cl)c1. The molecule has 0 bridgehead atoms. The number of hydrogen-bond acceptors (Lipinski definition) is 1. The van der Waals surface area contributed by atoms with Crippen molar-refractivity contribution in [2.75, 3.05) is 0 Å². The molecule has 3 heteroatoms. The molecule has 0 radical (unpaired) electrons. The summed E-state index contributed by atoms with van der Waals surface area (Å²) in [5.41, 5.74) is 1.37. The lowest BCUT2D eigenvalue weighted by molar-refractivity contribution is 1.16. The van der Waals surface area contributed by atoms with Crippen molar-refractivity contribution in [1.29, 1.82) is 5.26 Å². The van der Waals surface area contributed by atoms with Gasteiger partial charge in [0, 0.05) is 10.6 Å². The number of halogens is 2. The first-order valence-corrected chi connectivity index (χ1v) is 4.99. The van der Waals surface area contributed by atoms with Gasteiger partial charge in [0.1, 0.15) is 0 Å². The van der Waals surface area contributed by atoms with Crippen LogP contribution in [0.15, 0.2) is 29.8 Å². The van der Waals surface area contributed by atoms with Crippen LogP contribution >= 0.6 is 23.2 Å². The van der Waals surface area contributed by atoms with E-state index >= 15 is 0 Å². The third kappa shape index (κ3) is 2.51. The Labute approximate surface area is 93.6 Å². The molecule has 0 aromatic heterocycles. The summed E-state index contributed by atoms with van der Waals surface area (Å²) in [5, 5.41) is 9.91. The highest BCUT2D eigenvalue weighted by Crippen LogP contribution is 2.26. The van der Waals surface area contributed by atoms with Crippen LogP contribution in [0.2, 0.25) is 5.02 Å². The first-order chi connectivity index (χ1) is 6.69. The van der Waals surface area contributed by atoms with E-state index in [4.69, 9.17) is 28.5 Å². The summed E-state index contributed by atoms with van der Waals surface area (Å²) in [4.78, 5) is 0. The van der Waals surface area contributed by atoms with Gasteiger partial charge < -0.3 is 0 Å². The molecule has 0 fully saturated rings. The molecule has 72 valence electrons. The number of nitrogens with zero attached hydrogens (tertiary/aromatic N) is 1. The lowest BCUT2D eigenvalue weighted by atomic mass is 10.1. The molecular weight excluding hydrogens is 217 g/mol. The zero-order chi connectivity index (χ0) is 10.6. The monoisotopic (exact) mass is 225 g/mol. The van der Waals surface area contributed by atoms with E-state index < -0.39 is 0 Å². The molecule has 0 saturated carbocycles. The van der Waals surface area contributed by atoms with Crippen LogP contribution in [0.3, 0.4) is 0 Å². The Kier molecular flexibility index (Phi) is 4.00. The van der Waals surface area contributed by atoms with E-state index in [1.165, 1.54) is 0 Å². The van der Waals surface area contributed by atoms with Crippen molar-refractivity contribution >= 4 is 28.2 Å². The number of allylic oxidation sites excluding steroid dienone is 1. The third-order valence-electron chi connectivity index (χ3n) is 1.83. The van der Waals surface area contributed by atoms with Gasteiger partial charge in [-0.1, -0.05) is 42.3 Å². The molecule has 0 saturated heterocycles. The highest BCUT2D eigenvalue weighted by Gasteiger charge is 2.04. The van der Waals surface area contributed by atoms with Gasteiger partial charge >= 0.3 is 0 Å². The van der Waals surface area contributed by atoms with Crippen LogP contribution in [-0.2, 0) is 0 Å². The molecule has 1 aromatic rings. The molecule has 1 aromatic carbocycles. The van der Waals surface area contributed by atoms with E-state index in [-0.39, 0.29) is 0 Å². The average Bonchev–Trinajstić information content (AvgIpc) is 2.19. The quantitative estimate of drug-likeness (QED) is 0.692. The average molecular weight is 226 g/mol. The van der Waals surface area contributed by atoms with Crippen molar-refractivity contribution in [2.24, 2.45) is 0 Å². The predicted molar refractivity (Wildman–Crippen MR) is 60.1 cm³/mol. The van der Waals surface area contributed by atoms with Gasteiger partial charge in [0.15, 0.2) is 0 Å². The fourth-order valence-electron chi connectivity index (χ4n) is 1.08. The largest absolute Gasteiger partial charge is 0.193 e. The second-order valence-corrected chi connectivity index (χ2v) is 3.58. The Bertz CT molecular complexity index is 402. The van der Waals surface area contributed by atoms with E-state index in [0.29, 0.717) is 22.0 Å². The smallest absolute Gasteiger partial charge is 0.0962 e. The van der Waals surface area contributed by atoms with Gasteiger partial charge in [0.05, 0.1) is 11.1 Å². The predicted octanol–water partition coefficient (Wildman–Crippen LogP) is 4.22. The molecule has 0 aliphatic rings. The van der Waals surface area contributed by atoms with Gasteiger partial charge in [-0.25, -0.2) is 0 Å². The maximum Gasteiger partial charge on any atom is 0.0962 e. The maximum atomic E-state index is 8.80. The van der Waals surface area contributed by atoms with Crippen molar-refractivity contribution < 1.29 is 0 Å². The molecule has 0 heterocycles. The van der Waals surface area contributed by atoms with Gasteiger partial charge in [0.25, 0.3) is 0 Å². The molecule has 14 heavy (non-hydrogen) atoms. The van der Waals surface area contributed by atoms with Crippen LogP contribution in [-0.4, -0.2) is 0 Å². The van der Waals surface area contributed by atoms with Gasteiger partial charge in [-0.2, -0.15) is 5.26 Å². The molecule has 0 aliphatic carbocycles. The van der Waals surface area contributed by atoms with Crippen LogP contribution in [0, 0.1) is 11.3 Å². The molecule has 0 N–H and O–H groups in total. The highest BCUT2D eigenvalue weighted by atomic mass is 35.5. The van der Waals surface area contributed by atoms with Crippen molar-refractivity contribution in [3.05, 3.63) is 40.4 Å². The zero-order valence-electron chi connectivity index (χ0n) is 7.72. The van der Waals surface area contributed by atoms with Crippen LogP contribution < -0.4 is 0 Å². The first kappa shape index (κ1) is 11.1. The summed E-state index contributed by atoms with van der Waals surface area (Å²) in [6.45, 7) is 1.89. The van der Waals surface area contributed by atoms with Crippen molar-refractivity contribution in [1.82, 2.24) is 0 Å². The standard InChI is InChI=1S/C11H9Cl2N/c1-2-8(7-14)11(13)9-4-3-5-10(12)6-9/h3-6H,2H2,1H3. The normalized spacial score (nSPS) is 11.9. The second-order valence-electron chi connectivity index (χ2n) is 2.77. The minimum atomic E-state index is 0.484. The van der Waals surface area contributed by atoms with Crippen LogP contribution in [0.25, 0.3) is 5.03 Å². The van der Waals surface area contributed by atoms with Crippen LogP contribution in [0.4, 0.5) is 0 Å². The topological polar surface area (TPSA) is 23.8 Å². The fourth-order valence-corrected chi connectivity index (χ4v) is 1.57. The van der Waals surface area contributed by atoms with E-state index in [1.54, 1.807) is 12.1 Å². The number of hydrogen-bond donors (Lipinski definition) is 0. The van der Waals surface area contributed by atoms with Gasteiger partial charge in [-0.15, -0.1) is 0 Å². The molecule has 0 aliphatic heterocycles. The Morgan fingerprint density at radius 1 is 1.50 bits per heavy atom. The number of rotatable bonds is 2. The fraction of sp³-hybridized carbons (Fsp3) is 0.182. The van der Waals surface area contributed by atoms with E-state index in [2.05, 4.69) is 6.07 Å². The highest BCUT2D eigenvalue weighted by molar-refractivity contribution is 6.49. The van der Waals surface area contributed by atoms with E-state index in [9.17, 15) is 0 Å². The number of nitriles is 1. The Hall–Kier alpha value is -0.970.